The molecule has 1 heterocycles. The van der Waals surface area contributed by atoms with Gasteiger partial charge in [0.15, 0.2) is 11.5 Å². The van der Waals surface area contributed by atoms with E-state index in [4.69, 9.17) is 19.2 Å². The number of fused-ring (bicyclic) bond motifs is 1. The number of carbonyl (C=O) groups excluding carboxylic acids is 2. The van der Waals surface area contributed by atoms with Crippen LogP contribution in [0.15, 0.2) is 34.5 Å². The van der Waals surface area contributed by atoms with E-state index < -0.39 is 11.8 Å². The lowest BCUT2D eigenvalue weighted by Crippen LogP contribution is -2.39. The fraction of sp³-hybridized carbons (Fsp3) is 0.560. The Balaban J connectivity index is 1.77. The summed E-state index contributed by atoms with van der Waals surface area (Å²) >= 11 is 0. The molecule has 0 bridgehead atoms. The van der Waals surface area contributed by atoms with Crippen molar-refractivity contribution < 1.29 is 23.8 Å². The minimum atomic E-state index is -0.425. The van der Waals surface area contributed by atoms with E-state index in [1.807, 2.05) is 32.0 Å². The van der Waals surface area contributed by atoms with Crippen molar-refractivity contribution in [2.75, 3.05) is 13.7 Å². The highest BCUT2D eigenvalue weighted by Gasteiger charge is 2.44. The van der Waals surface area contributed by atoms with Crippen LogP contribution >= 0.6 is 0 Å². The van der Waals surface area contributed by atoms with Crippen LogP contribution in [0, 0.1) is 5.92 Å². The molecule has 1 aliphatic heterocycles. The van der Waals surface area contributed by atoms with Gasteiger partial charge in [-0.3, -0.25) is 9.79 Å². The fourth-order valence-electron chi connectivity index (χ4n) is 5.12. The molecule has 0 aromatic heterocycles. The normalized spacial score (nSPS) is 24.0. The van der Waals surface area contributed by atoms with Crippen LogP contribution in [0.2, 0.25) is 0 Å². The van der Waals surface area contributed by atoms with E-state index in [2.05, 4.69) is 0 Å². The zero-order chi connectivity index (χ0) is 22.0. The summed E-state index contributed by atoms with van der Waals surface area (Å²) < 4.78 is 17.1. The molecular formula is C25H31NO5. The van der Waals surface area contributed by atoms with Gasteiger partial charge in [0.05, 0.1) is 25.2 Å². The van der Waals surface area contributed by atoms with E-state index in [1.54, 1.807) is 7.11 Å². The summed E-state index contributed by atoms with van der Waals surface area (Å²) in [4.78, 5) is 31.1. The number of carbonyl (C=O) groups is 2. The fourth-order valence-corrected chi connectivity index (χ4v) is 5.12. The Hall–Kier alpha value is -2.63. The van der Waals surface area contributed by atoms with Crippen molar-refractivity contribution in [1.29, 1.82) is 0 Å². The molecule has 2 fully saturated rings. The molecule has 6 heteroatoms. The maximum atomic E-state index is 13.3. The second kappa shape index (κ2) is 9.25. The van der Waals surface area contributed by atoms with Crippen molar-refractivity contribution >= 4 is 17.5 Å². The molecule has 0 amide bonds. The Morgan fingerprint density at radius 3 is 2.58 bits per heavy atom. The molecule has 31 heavy (non-hydrogen) atoms. The summed E-state index contributed by atoms with van der Waals surface area (Å²) in [7, 11) is 1.59. The van der Waals surface area contributed by atoms with Crippen molar-refractivity contribution in [3.8, 4) is 11.5 Å². The number of rotatable bonds is 6. The standard InChI is InChI=1S/C25H31NO5/c1-4-30-20-13-12-16(14-21(20)29-3)23-22(25(28)31-17-8-5-6-9-17)15(2)26-18-10-7-11-19(27)24(18)23/h12-14,17,23-24H,4-11H2,1-3H3/t23-,24?/m0/s1. The van der Waals surface area contributed by atoms with Crippen LogP contribution in [0.1, 0.15) is 70.3 Å². The number of nitrogens with zero attached hydrogens (tertiary/aromatic N) is 1. The third kappa shape index (κ3) is 4.25. The quantitative estimate of drug-likeness (QED) is 0.614. The van der Waals surface area contributed by atoms with Gasteiger partial charge in [-0.05, 0) is 70.1 Å². The molecule has 3 aliphatic rings. The van der Waals surface area contributed by atoms with Gasteiger partial charge in [0.25, 0.3) is 0 Å². The summed E-state index contributed by atoms with van der Waals surface area (Å²) in [6, 6.07) is 5.67. The molecule has 0 saturated heterocycles. The van der Waals surface area contributed by atoms with Gasteiger partial charge in [-0.1, -0.05) is 6.07 Å². The Labute approximate surface area is 183 Å². The number of benzene rings is 1. The third-order valence-electron chi connectivity index (χ3n) is 6.55. The first-order chi connectivity index (χ1) is 15.0. The largest absolute Gasteiger partial charge is 0.493 e. The number of hydrogen-bond acceptors (Lipinski definition) is 6. The number of Topliss-reactive ketones (excluding diaryl/α,β-unsaturated/α-hetero) is 1. The third-order valence-corrected chi connectivity index (χ3v) is 6.55. The maximum absolute atomic E-state index is 13.3. The first-order valence-electron chi connectivity index (χ1n) is 11.4. The molecule has 1 aromatic carbocycles. The Morgan fingerprint density at radius 2 is 1.87 bits per heavy atom. The second-order valence-corrected chi connectivity index (χ2v) is 8.53. The first kappa shape index (κ1) is 21.6. The molecule has 2 aliphatic carbocycles. The van der Waals surface area contributed by atoms with Crippen LogP contribution in [-0.4, -0.2) is 37.3 Å². The van der Waals surface area contributed by atoms with Gasteiger partial charge < -0.3 is 14.2 Å². The molecule has 0 radical (unpaired) electrons. The van der Waals surface area contributed by atoms with Crippen LogP contribution in [0.3, 0.4) is 0 Å². The molecule has 0 spiro atoms. The van der Waals surface area contributed by atoms with Crippen molar-refractivity contribution in [2.45, 2.75) is 70.8 Å². The number of methoxy groups -OCH3 is 1. The molecule has 1 aromatic rings. The summed E-state index contributed by atoms with van der Waals surface area (Å²) in [5.41, 5.74) is 2.89. The van der Waals surface area contributed by atoms with E-state index in [9.17, 15) is 9.59 Å². The van der Waals surface area contributed by atoms with Crippen molar-refractivity contribution in [3.63, 3.8) is 0 Å². The smallest absolute Gasteiger partial charge is 0.336 e. The molecule has 2 saturated carbocycles. The van der Waals surface area contributed by atoms with Crippen LogP contribution in [-0.2, 0) is 14.3 Å². The SMILES string of the molecule is CCOc1ccc([C@H]2C(C(=O)OC3CCCC3)=C(C)N=C3CCCC(=O)C32)cc1OC. The highest BCUT2D eigenvalue weighted by molar-refractivity contribution is 6.11. The number of esters is 1. The zero-order valence-electron chi connectivity index (χ0n) is 18.6. The van der Waals surface area contributed by atoms with Gasteiger partial charge in [-0.15, -0.1) is 0 Å². The van der Waals surface area contributed by atoms with Crippen LogP contribution in [0.25, 0.3) is 0 Å². The molecule has 1 unspecified atom stereocenters. The number of aliphatic imine (C=N–C) groups is 1. The Kier molecular flexibility index (Phi) is 6.44. The maximum Gasteiger partial charge on any atom is 0.336 e. The molecule has 0 N–H and O–H groups in total. The lowest BCUT2D eigenvalue weighted by Gasteiger charge is -2.36. The molecule has 4 rings (SSSR count). The first-order valence-corrected chi connectivity index (χ1v) is 11.4. The van der Waals surface area contributed by atoms with Crippen LogP contribution in [0.4, 0.5) is 0 Å². The molecule has 6 nitrogen and oxygen atoms in total. The van der Waals surface area contributed by atoms with Gasteiger partial charge >= 0.3 is 5.97 Å². The van der Waals surface area contributed by atoms with Gasteiger partial charge in [-0.2, -0.15) is 0 Å². The number of ketones is 1. The van der Waals surface area contributed by atoms with Gasteiger partial charge in [0, 0.05) is 23.7 Å². The number of hydrogen-bond donors (Lipinski definition) is 0. The Bertz CT molecular complexity index is 926. The predicted octanol–water partition coefficient (Wildman–Crippen LogP) is 4.76. The van der Waals surface area contributed by atoms with Gasteiger partial charge in [0.2, 0.25) is 0 Å². The van der Waals surface area contributed by atoms with E-state index in [0.717, 1.165) is 49.8 Å². The second-order valence-electron chi connectivity index (χ2n) is 8.53. The van der Waals surface area contributed by atoms with Gasteiger partial charge in [-0.25, -0.2) is 4.79 Å². The van der Waals surface area contributed by atoms with E-state index >= 15 is 0 Å². The van der Waals surface area contributed by atoms with Crippen molar-refractivity contribution in [3.05, 3.63) is 35.0 Å². The van der Waals surface area contributed by atoms with Gasteiger partial charge in [0.1, 0.15) is 11.9 Å². The highest BCUT2D eigenvalue weighted by Crippen LogP contribution is 2.45. The van der Waals surface area contributed by atoms with E-state index in [0.29, 0.717) is 35.8 Å². The minimum Gasteiger partial charge on any atom is -0.493 e. The average Bonchev–Trinajstić information content (AvgIpc) is 3.26. The average molecular weight is 426 g/mol. The van der Waals surface area contributed by atoms with E-state index in [1.165, 1.54) is 0 Å². The minimum absolute atomic E-state index is 0.0456. The van der Waals surface area contributed by atoms with Crippen molar-refractivity contribution in [1.82, 2.24) is 0 Å². The lowest BCUT2D eigenvalue weighted by molar-refractivity contribution is -0.144. The molecule has 2 atom stereocenters. The monoisotopic (exact) mass is 425 g/mol. The van der Waals surface area contributed by atoms with Crippen LogP contribution < -0.4 is 9.47 Å². The number of ether oxygens (including phenoxy) is 3. The summed E-state index contributed by atoms with van der Waals surface area (Å²) in [5, 5.41) is 0. The predicted molar refractivity (Wildman–Crippen MR) is 118 cm³/mol. The summed E-state index contributed by atoms with van der Waals surface area (Å²) in [6.45, 7) is 4.29. The highest BCUT2D eigenvalue weighted by atomic mass is 16.5. The zero-order valence-corrected chi connectivity index (χ0v) is 18.6. The van der Waals surface area contributed by atoms with Crippen molar-refractivity contribution in [2.24, 2.45) is 10.9 Å². The van der Waals surface area contributed by atoms with Crippen LogP contribution in [0.5, 0.6) is 11.5 Å². The lowest BCUT2D eigenvalue weighted by atomic mass is 9.69. The summed E-state index contributed by atoms with van der Waals surface area (Å²) in [5.74, 6) is 0.187. The molecule has 166 valence electrons. The Morgan fingerprint density at radius 1 is 1.10 bits per heavy atom. The van der Waals surface area contributed by atoms with E-state index in [-0.39, 0.29) is 17.9 Å². The molecular weight excluding hydrogens is 394 g/mol. The topological polar surface area (TPSA) is 74.2 Å². The summed E-state index contributed by atoms with van der Waals surface area (Å²) in [6.07, 6.45) is 6.02. The number of allylic oxidation sites excluding steroid dienone is 1.